The predicted octanol–water partition coefficient (Wildman–Crippen LogP) is 2.76. The fourth-order valence-corrected chi connectivity index (χ4v) is 3.07. The number of hydrazine groups is 1. The van der Waals surface area contributed by atoms with E-state index in [1.54, 1.807) is 11.3 Å². The molecule has 0 atom stereocenters. The van der Waals surface area contributed by atoms with Crippen molar-refractivity contribution in [3.63, 3.8) is 0 Å². The molecule has 0 spiro atoms. The topological polar surface area (TPSA) is 75.9 Å². The Hall–Kier alpha value is -1.18. The van der Waals surface area contributed by atoms with Crippen LogP contribution in [-0.2, 0) is 13.0 Å². The number of nitrogen functional groups attached to an aromatic ring is 1. The summed E-state index contributed by atoms with van der Waals surface area (Å²) in [6.45, 7) is 2.78. The largest absolute Gasteiger partial charge is 0.365 e. The van der Waals surface area contributed by atoms with Gasteiger partial charge in [-0.1, -0.05) is 6.92 Å². The molecule has 2 aromatic heterocycles. The van der Waals surface area contributed by atoms with Crippen molar-refractivity contribution in [1.82, 2.24) is 9.97 Å². The number of hydrogen-bond donors (Lipinski definition) is 3. The molecule has 4 N–H and O–H groups in total. The minimum Gasteiger partial charge on any atom is -0.365 e. The quantitative estimate of drug-likeness (QED) is 0.581. The zero-order valence-electron chi connectivity index (χ0n) is 9.90. The molecule has 0 aliphatic rings. The summed E-state index contributed by atoms with van der Waals surface area (Å²) >= 11 is 5.21. The van der Waals surface area contributed by atoms with Crippen molar-refractivity contribution in [2.24, 2.45) is 5.84 Å². The molecule has 2 heterocycles. The summed E-state index contributed by atoms with van der Waals surface area (Å²) < 4.78 is 1.12. The van der Waals surface area contributed by atoms with Crippen LogP contribution in [0.25, 0.3) is 0 Å². The molecule has 0 saturated heterocycles. The second-order valence-corrected chi connectivity index (χ2v) is 5.45. The Kier molecular flexibility index (Phi) is 4.51. The molecule has 0 aliphatic carbocycles. The van der Waals surface area contributed by atoms with E-state index in [-0.39, 0.29) is 0 Å². The van der Waals surface area contributed by atoms with Crippen molar-refractivity contribution in [3.8, 4) is 0 Å². The van der Waals surface area contributed by atoms with Gasteiger partial charge in [-0.15, -0.1) is 11.3 Å². The average Bonchev–Trinajstić information content (AvgIpc) is 2.81. The van der Waals surface area contributed by atoms with Gasteiger partial charge < -0.3 is 10.7 Å². The number of thiophene rings is 1. The Labute approximate surface area is 118 Å². The van der Waals surface area contributed by atoms with E-state index in [9.17, 15) is 0 Å². The first-order valence-electron chi connectivity index (χ1n) is 5.52. The van der Waals surface area contributed by atoms with Crippen molar-refractivity contribution in [2.75, 3.05) is 10.7 Å². The van der Waals surface area contributed by atoms with Crippen LogP contribution in [0.15, 0.2) is 22.2 Å². The normalized spacial score (nSPS) is 10.4. The van der Waals surface area contributed by atoms with Crippen LogP contribution in [0.5, 0.6) is 0 Å². The van der Waals surface area contributed by atoms with E-state index < -0.39 is 0 Å². The zero-order valence-corrected chi connectivity index (χ0v) is 12.3. The SMILES string of the molecule is CCc1c(NN)ncnc1NCc1sccc1Br. The van der Waals surface area contributed by atoms with Gasteiger partial charge in [-0.25, -0.2) is 15.8 Å². The fourth-order valence-electron chi connectivity index (χ4n) is 1.64. The summed E-state index contributed by atoms with van der Waals surface area (Å²) in [6, 6.07) is 2.04. The minimum absolute atomic E-state index is 0.667. The van der Waals surface area contributed by atoms with Gasteiger partial charge >= 0.3 is 0 Å². The number of rotatable bonds is 5. The molecule has 18 heavy (non-hydrogen) atoms. The molecule has 5 nitrogen and oxygen atoms in total. The van der Waals surface area contributed by atoms with Crippen LogP contribution in [0.1, 0.15) is 17.4 Å². The number of nitrogens with two attached hydrogens (primary N) is 1. The molecule has 2 rings (SSSR count). The predicted molar refractivity (Wildman–Crippen MR) is 78.6 cm³/mol. The Balaban J connectivity index is 2.16. The molecule has 0 unspecified atom stereocenters. The van der Waals surface area contributed by atoms with Crippen LogP contribution >= 0.6 is 27.3 Å². The molecule has 0 amide bonds. The molecule has 2 aromatic rings. The number of nitrogens with zero attached hydrogens (tertiary/aromatic N) is 2. The molecule has 0 radical (unpaired) electrons. The van der Waals surface area contributed by atoms with Gasteiger partial charge in [0.05, 0.1) is 6.54 Å². The van der Waals surface area contributed by atoms with Crippen LogP contribution in [-0.4, -0.2) is 9.97 Å². The molecule has 0 aliphatic heterocycles. The lowest BCUT2D eigenvalue weighted by Crippen LogP contribution is -2.13. The minimum atomic E-state index is 0.667. The van der Waals surface area contributed by atoms with E-state index >= 15 is 0 Å². The third-order valence-electron chi connectivity index (χ3n) is 2.54. The van der Waals surface area contributed by atoms with Crippen molar-refractivity contribution in [3.05, 3.63) is 32.7 Å². The number of aromatic nitrogens is 2. The molecule has 7 heteroatoms. The Morgan fingerprint density at radius 3 is 2.78 bits per heavy atom. The highest BCUT2D eigenvalue weighted by molar-refractivity contribution is 9.10. The maximum atomic E-state index is 5.44. The lowest BCUT2D eigenvalue weighted by molar-refractivity contribution is 1.01. The highest BCUT2D eigenvalue weighted by Gasteiger charge is 2.09. The summed E-state index contributed by atoms with van der Waals surface area (Å²) in [6.07, 6.45) is 2.31. The lowest BCUT2D eigenvalue weighted by atomic mass is 10.2. The molecule has 96 valence electrons. The Morgan fingerprint density at radius 1 is 1.39 bits per heavy atom. The number of halogens is 1. The highest BCUT2D eigenvalue weighted by Crippen LogP contribution is 2.25. The van der Waals surface area contributed by atoms with Gasteiger partial charge in [-0.3, -0.25) is 0 Å². The van der Waals surface area contributed by atoms with Crippen molar-refractivity contribution in [1.29, 1.82) is 0 Å². The summed E-state index contributed by atoms with van der Waals surface area (Å²) in [7, 11) is 0. The molecular formula is C11H14BrN5S. The molecule has 0 aromatic carbocycles. The van der Waals surface area contributed by atoms with Crippen LogP contribution in [0.2, 0.25) is 0 Å². The molecule has 0 saturated carbocycles. The maximum Gasteiger partial charge on any atom is 0.148 e. The second kappa shape index (κ2) is 6.12. The van der Waals surface area contributed by atoms with Gasteiger partial charge in [0, 0.05) is 14.9 Å². The van der Waals surface area contributed by atoms with Gasteiger partial charge in [-0.05, 0) is 33.8 Å². The van der Waals surface area contributed by atoms with Crippen molar-refractivity contribution in [2.45, 2.75) is 19.9 Å². The number of anilines is 2. The van der Waals surface area contributed by atoms with E-state index in [1.165, 1.54) is 11.2 Å². The zero-order chi connectivity index (χ0) is 13.0. The fraction of sp³-hybridized carbons (Fsp3) is 0.273. The first-order chi connectivity index (χ1) is 8.76. The van der Waals surface area contributed by atoms with Gasteiger partial charge in [0.15, 0.2) is 0 Å². The van der Waals surface area contributed by atoms with Crippen LogP contribution < -0.4 is 16.6 Å². The summed E-state index contributed by atoms with van der Waals surface area (Å²) in [5.74, 6) is 6.92. The monoisotopic (exact) mass is 327 g/mol. The van der Waals surface area contributed by atoms with Crippen LogP contribution in [0.4, 0.5) is 11.6 Å². The van der Waals surface area contributed by atoms with E-state index in [4.69, 9.17) is 5.84 Å². The van der Waals surface area contributed by atoms with Gasteiger partial charge in [-0.2, -0.15) is 0 Å². The first-order valence-corrected chi connectivity index (χ1v) is 7.19. The smallest absolute Gasteiger partial charge is 0.148 e. The maximum absolute atomic E-state index is 5.44. The Bertz CT molecular complexity index is 528. The third-order valence-corrected chi connectivity index (χ3v) is 4.47. The highest BCUT2D eigenvalue weighted by atomic mass is 79.9. The van der Waals surface area contributed by atoms with E-state index in [1.807, 2.05) is 13.0 Å². The standard InChI is InChI=1S/C11H14BrN5S/c1-2-7-10(15-6-16-11(7)17-13)14-5-9-8(12)3-4-18-9/h3-4,6H,2,5,13H2,1H3,(H2,14,15,16,17). The molecular weight excluding hydrogens is 314 g/mol. The van der Waals surface area contributed by atoms with Crippen molar-refractivity contribution < 1.29 is 0 Å². The van der Waals surface area contributed by atoms with Gasteiger partial charge in [0.1, 0.15) is 18.0 Å². The summed E-state index contributed by atoms with van der Waals surface area (Å²) in [5.41, 5.74) is 3.59. The Morgan fingerprint density at radius 2 is 2.17 bits per heavy atom. The first kappa shape index (κ1) is 13.3. The summed E-state index contributed by atoms with van der Waals surface area (Å²) in [4.78, 5) is 9.59. The summed E-state index contributed by atoms with van der Waals surface area (Å²) in [5, 5.41) is 5.37. The second-order valence-electron chi connectivity index (χ2n) is 3.59. The van der Waals surface area contributed by atoms with Crippen molar-refractivity contribution >= 4 is 38.9 Å². The third kappa shape index (κ3) is 2.80. The van der Waals surface area contributed by atoms with E-state index in [2.05, 4.69) is 42.0 Å². The average molecular weight is 328 g/mol. The van der Waals surface area contributed by atoms with E-state index in [0.717, 1.165) is 28.8 Å². The van der Waals surface area contributed by atoms with Gasteiger partial charge in [0.25, 0.3) is 0 Å². The lowest BCUT2D eigenvalue weighted by Gasteiger charge is -2.12. The van der Waals surface area contributed by atoms with Gasteiger partial charge in [0.2, 0.25) is 0 Å². The molecule has 0 bridgehead atoms. The molecule has 0 fully saturated rings. The van der Waals surface area contributed by atoms with Crippen LogP contribution in [0.3, 0.4) is 0 Å². The number of nitrogens with one attached hydrogen (secondary N) is 2. The van der Waals surface area contributed by atoms with Crippen LogP contribution in [0, 0.1) is 0 Å². The van der Waals surface area contributed by atoms with E-state index in [0.29, 0.717) is 5.82 Å². The number of hydrogen-bond acceptors (Lipinski definition) is 6.